The molecule has 200 valence electrons. The minimum Gasteiger partial charge on any atom is -0.440 e. The van der Waals surface area contributed by atoms with Crippen LogP contribution in [0.3, 0.4) is 0 Å². The molecule has 4 amide bonds. The number of hydrogen-bond acceptors (Lipinski definition) is 9. The van der Waals surface area contributed by atoms with Crippen molar-refractivity contribution in [2.75, 3.05) is 6.73 Å². The van der Waals surface area contributed by atoms with Crippen molar-refractivity contribution in [3.63, 3.8) is 0 Å². The number of pyridine rings is 1. The van der Waals surface area contributed by atoms with E-state index in [-0.39, 0.29) is 34.4 Å². The van der Waals surface area contributed by atoms with Crippen molar-refractivity contribution >= 4 is 39.7 Å². The molecule has 2 aliphatic heterocycles. The molecule has 12 nitrogen and oxygen atoms in total. The summed E-state index contributed by atoms with van der Waals surface area (Å²) in [4.78, 5) is 67.8. The van der Waals surface area contributed by atoms with E-state index in [9.17, 15) is 32.4 Å². The van der Waals surface area contributed by atoms with Crippen LogP contribution in [-0.2, 0) is 24.4 Å². The maximum Gasteiger partial charge on any atom is 0.341 e. The van der Waals surface area contributed by atoms with E-state index in [0.717, 1.165) is 9.80 Å². The van der Waals surface area contributed by atoms with E-state index < -0.39 is 52.5 Å². The molecule has 1 fully saturated rings. The summed E-state index contributed by atoms with van der Waals surface area (Å²) in [5.41, 5.74) is 0.606. The van der Waals surface area contributed by atoms with Crippen molar-refractivity contribution in [2.24, 2.45) is 0 Å². The molecule has 3 aromatic rings. The molecular weight excluding hydrogens is 530 g/mol. The highest BCUT2D eigenvalue weighted by Crippen LogP contribution is 2.29. The SMILES string of the molecule is O=C(OCN1C(=O)CCC(N2C(=O)c3ccccc3C2=O)C1=O)c1cccnc1.O=S(=O)(O)c1ccccc1. The van der Waals surface area contributed by atoms with E-state index in [4.69, 9.17) is 9.29 Å². The molecular formula is C26H21N3O9S. The van der Waals surface area contributed by atoms with Crippen LogP contribution in [0.4, 0.5) is 0 Å². The molecule has 1 unspecified atom stereocenters. The number of likely N-dealkylation sites (tertiary alicyclic amines) is 1. The molecule has 1 N–H and O–H groups in total. The van der Waals surface area contributed by atoms with Crippen molar-refractivity contribution in [1.29, 1.82) is 0 Å². The smallest absolute Gasteiger partial charge is 0.341 e. The van der Waals surface area contributed by atoms with Crippen molar-refractivity contribution in [3.8, 4) is 0 Å². The summed E-state index contributed by atoms with van der Waals surface area (Å²) >= 11 is 0. The average Bonchev–Trinajstić information content (AvgIpc) is 3.19. The number of fused-ring (bicyclic) bond motifs is 1. The lowest BCUT2D eigenvalue weighted by molar-refractivity contribution is -0.156. The normalized spacial score (nSPS) is 16.9. The lowest BCUT2D eigenvalue weighted by Gasteiger charge is -2.33. The zero-order valence-electron chi connectivity index (χ0n) is 20.2. The second-order valence-corrected chi connectivity index (χ2v) is 9.75. The molecule has 2 aliphatic rings. The Labute approximate surface area is 222 Å². The number of aromatic nitrogens is 1. The second kappa shape index (κ2) is 11.3. The zero-order chi connectivity index (χ0) is 28.2. The molecule has 13 heteroatoms. The topological polar surface area (TPSA) is 168 Å². The first-order valence-electron chi connectivity index (χ1n) is 11.5. The summed E-state index contributed by atoms with van der Waals surface area (Å²) in [6.45, 7) is -0.606. The van der Waals surface area contributed by atoms with Crippen molar-refractivity contribution in [1.82, 2.24) is 14.8 Å². The number of carbonyl (C=O) groups excluding carboxylic acids is 5. The number of imide groups is 2. The molecule has 5 rings (SSSR count). The molecule has 3 heterocycles. The first-order chi connectivity index (χ1) is 18.6. The quantitative estimate of drug-likeness (QED) is 0.281. The van der Waals surface area contributed by atoms with Gasteiger partial charge in [0.2, 0.25) is 5.91 Å². The standard InChI is InChI=1S/C20H15N3O6.C6H6O3S/c24-16-8-7-15(23-17(25)13-5-1-2-6-14(13)18(23)26)19(27)22(16)11-29-20(28)12-4-3-9-21-10-12;7-10(8,9)6-4-2-1-3-5-6/h1-6,9-10,15H,7-8,11H2;1-5H,(H,7,8,9). The van der Waals surface area contributed by atoms with E-state index in [1.54, 1.807) is 36.4 Å². The Balaban J connectivity index is 0.000000298. The first kappa shape index (κ1) is 27.3. The van der Waals surface area contributed by atoms with Crippen LogP contribution in [0.1, 0.15) is 43.9 Å². The van der Waals surface area contributed by atoms with Gasteiger partial charge < -0.3 is 4.74 Å². The minimum atomic E-state index is -4.00. The molecule has 0 spiro atoms. The second-order valence-electron chi connectivity index (χ2n) is 8.33. The molecule has 2 aromatic carbocycles. The van der Waals surface area contributed by atoms with Crippen LogP contribution in [0, 0.1) is 0 Å². The van der Waals surface area contributed by atoms with Crippen molar-refractivity contribution in [3.05, 3.63) is 95.8 Å². The molecule has 39 heavy (non-hydrogen) atoms. The number of hydrogen-bond donors (Lipinski definition) is 1. The Morgan fingerprint density at radius 3 is 2.08 bits per heavy atom. The van der Waals surface area contributed by atoms with Gasteiger partial charge in [-0.15, -0.1) is 0 Å². The van der Waals surface area contributed by atoms with Gasteiger partial charge in [-0.1, -0.05) is 30.3 Å². The van der Waals surface area contributed by atoms with Gasteiger partial charge in [0.25, 0.3) is 27.8 Å². The summed E-state index contributed by atoms with van der Waals surface area (Å²) in [7, 11) is -4.00. The Morgan fingerprint density at radius 2 is 1.54 bits per heavy atom. The lowest BCUT2D eigenvalue weighted by atomic mass is 10.0. The van der Waals surface area contributed by atoms with E-state index in [1.807, 2.05) is 0 Å². The Bertz CT molecular complexity index is 1510. The molecule has 1 atom stereocenters. The molecule has 1 saturated heterocycles. The fraction of sp³-hybridized carbons (Fsp3) is 0.154. The molecule has 0 saturated carbocycles. The number of rotatable bonds is 5. The van der Waals surface area contributed by atoms with Gasteiger partial charge in [-0.25, -0.2) is 9.69 Å². The summed E-state index contributed by atoms with van der Waals surface area (Å²) in [6, 6.07) is 15.6. The largest absolute Gasteiger partial charge is 0.440 e. The monoisotopic (exact) mass is 551 g/mol. The summed E-state index contributed by atoms with van der Waals surface area (Å²) in [5, 5.41) is 0. The van der Waals surface area contributed by atoms with Gasteiger partial charge in [0, 0.05) is 18.8 Å². The highest BCUT2D eigenvalue weighted by Gasteiger charge is 2.47. The maximum atomic E-state index is 12.9. The van der Waals surface area contributed by atoms with E-state index >= 15 is 0 Å². The third-order valence-corrected chi connectivity index (χ3v) is 6.75. The third-order valence-electron chi connectivity index (χ3n) is 5.88. The summed E-state index contributed by atoms with van der Waals surface area (Å²) in [6.07, 6.45) is 2.75. The van der Waals surface area contributed by atoms with Crippen LogP contribution < -0.4 is 0 Å². The number of nitrogens with zero attached hydrogens (tertiary/aromatic N) is 3. The lowest BCUT2D eigenvalue weighted by Crippen LogP contribution is -2.56. The summed E-state index contributed by atoms with van der Waals surface area (Å²) < 4.78 is 34.3. The van der Waals surface area contributed by atoms with Crippen molar-refractivity contribution in [2.45, 2.75) is 23.8 Å². The van der Waals surface area contributed by atoms with Crippen LogP contribution in [-0.4, -0.2) is 70.1 Å². The minimum absolute atomic E-state index is 0.0240. The van der Waals surface area contributed by atoms with Crippen LogP contribution in [0.15, 0.2) is 84.0 Å². The predicted octanol–water partition coefficient (Wildman–Crippen LogP) is 1.94. The van der Waals surface area contributed by atoms with E-state index in [1.165, 1.54) is 42.7 Å². The van der Waals surface area contributed by atoms with Gasteiger partial charge in [0.05, 0.1) is 21.6 Å². The first-order valence-corrected chi connectivity index (χ1v) is 12.9. The predicted molar refractivity (Wildman–Crippen MR) is 133 cm³/mol. The number of piperidine rings is 1. The number of ether oxygens (including phenoxy) is 1. The van der Waals surface area contributed by atoms with Gasteiger partial charge in [-0.05, 0) is 42.8 Å². The fourth-order valence-corrected chi connectivity index (χ4v) is 4.47. The van der Waals surface area contributed by atoms with Crippen LogP contribution >= 0.6 is 0 Å². The van der Waals surface area contributed by atoms with E-state index in [0.29, 0.717) is 0 Å². The summed E-state index contributed by atoms with van der Waals surface area (Å²) in [5.74, 6) is -3.20. The van der Waals surface area contributed by atoms with Gasteiger partial charge in [-0.2, -0.15) is 8.42 Å². The fourth-order valence-electron chi connectivity index (χ4n) is 3.97. The van der Waals surface area contributed by atoms with E-state index in [2.05, 4.69) is 4.98 Å². The Morgan fingerprint density at radius 1 is 0.923 bits per heavy atom. The van der Waals surface area contributed by atoms with Crippen LogP contribution in [0.25, 0.3) is 0 Å². The number of benzene rings is 2. The molecule has 0 aliphatic carbocycles. The average molecular weight is 552 g/mol. The zero-order valence-corrected chi connectivity index (χ0v) is 21.0. The number of amides is 4. The van der Waals surface area contributed by atoms with Gasteiger partial charge in [0.1, 0.15) is 6.04 Å². The van der Waals surface area contributed by atoms with Crippen LogP contribution in [0.2, 0.25) is 0 Å². The molecule has 0 bridgehead atoms. The Kier molecular flexibility index (Phi) is 7.93. The van der Waals surface area contributed by atoms with Gasteiger partial charge in [0.15, 0.2) is 6.73 Å². The number of esters is 1. The molecule has 0 radical (unpaired) electrons. The maximum absolute atomic E-state index is 12.9. The van der Waals surface area contributed by atoms with Gasteiger partial charge in [-0.3, -0.25) is 33.6 Å². The van der Waals surface area contributed by atoms with Gasteiger partial charge >= 0.3 is 5.97 Å². The Hall–Kier alpha value is -4.75. The van der Waals surface area contributed by atoms with Crippen LogP contribution in [0.5, 0.6) is 0 Å². The third kappa shape index (κ3) is 5.89. The highest BCUT2D eigenvalue weighted by molar-refractivity contribution is 7.85. The van der Waals surface area contributed by atoms with Crippen molar-refractivity contribution < 1.29 is 41.7 Å². The molecule has 1 aromatic heterocycles. The number of carbonyl (C=O) groups is 5. The highest BCUT2D eigenvalue weighted by atomic mass is 32.2.